The van der Waals surface area contributed by atoms with Crippen LogP contribution in [0.3, 0.4) is 0 Å². The number of halogens is 2. The summed E-state index contributed by atoms with van der Waals surface area (Å²) < 4.78 is 13.7. The number of aliphatic hydroxyl groups excluding tert-OH is 1. The first kappa shape index (κ1) is 12.1. The van der Waals surface area contributed by atoms with Crippen molar-refractivity contribution in [2.45, 2.75) is 17.1 Å². The third kappa shape index (κ3) is 2.99. The van der Waals surface area contributed by atoms with Crippen LogP contribution < -0.4 is 5.73 Å². The first-order chi connectivity index (χ1) is 6.54. The molecule has 0 aliphatic rings. The quantitative estimate of drug-likeness (QED) is 0.509. The van der Waals surface area contributed by atoms with Gasteiger partial charge in [-0.25, -0.2) is 4.39 Å². The maximum Gasteiger partial charge on any atom is 0.137 e. The summed E-state index contributed by atoms with van der Waals surface area (Å²) in [4.78, 5) is 0.685. The Morgan fingerprint density at radius 1 is 1.64 bits per heavy atom. The molecule has 78 valence electrons. The lowest BCUT2D eigenvalue weighted by Crippen LogP contribution is -2.03. The molecule has 0 bridgehead atoms. The van der Waals surface area contributed by atoms with Gasteiger partial charge in [-0.2, -0.15) is 0 Å². The van der Waals surface area contributed by atoms with Gasteiger partial charge in [-0.05, 0) is 34.7 Å². The van der Waals surface area contributed by atoms with Crippen LogP contribution in [0.15, 0.2) is 17.0 Å². The second-order valence-electron chi connectivity index (χ2n) is 2.92. The highest BCUT2D eigenvalue weighted by molar-refractivity contribution is 14.1. The van der Waals surface area contributed by atoms with Crippen LogP contribution in [-0.2, 0) is 0 Å². The van der Waals surface area contributed by atoms with E-state index < -0.39 is 0 Å². The summed E-state index contributed by atoms with van der Waals surface area (Å²) in [5, 5.41) is 8.88. The minimum Gasteiger partial charge on any atom is -0.398 e. The van der Waals surface area contributed by atoms with Gasteiger partial charge in [-0.3, -0.25) is 0 Å². The van der Waals surface area contributed by atoms with E-state index in [1.807, 2.05) is 29.5 Å². The molecular weight excluding hydrogens is 316 g/mol. The second-order valence-corrected chi connectivity index (χ2v) is 5.56. The molecule has 0 aliphatic carbocycles. The van der Waals surface area contributed by atoms with Gasteiger partial charge in [0.15, 0.2) is 0 Å². The van der Waals surface area contributed by atoms with E-state index in [1.165, 1.54) is 17.8 Å². The number of hydrogen-bond acceptors (Lipinski definition) is 3. The smallest absolute Gasteiger partial charge is 0.137 e. The molecule has 0 aromatic heterocycles. The number of hydrogen-bond donors (Lipinski definition) is 2. The minimum absolute atomic E-state index is 0.0248. The number of nitrogens with two attached hydrogens (primary N) is 1. The lowest BCUT2D eigenvalue weighted by Gasteiger charge is -2.10. The molecule has 0 fully saturated rings. The Balaban J connectivity index is 2.92. The largest absolute Gasteiger partial charge is 0.398 e. The van der Waals surface area contributed by atoms with Crippen LogP contribution in [0.1, 0.15) is 6.92 Å². The van der Waals surface area contributed by atoms with Gasteiger partial charge in [0, 0.05) is 15.8 Å². The molecule has 1 atom stereocenters. The van der Waals surface area contributed by atoms with Crippen LogP contribution >= 0.6 is 34.4 Å². The molecule has 14 heavy (non-hydrogen) atoms. The van der Waals surface area contributed by atoms with Gasteiger partial charge >= 0.3 is 0 Å². The molecule has 2 nitrogen and oxygen atoms in total. The Hall–Kier alpha value is -0.0100. The van der Waals surface area contributed by atoms with Crippen molar-refractivity contribution < 1.29 is 9.50 Å². The summed E-state index contributed by atoms with van der Waals surface area (Å²) in [5.41, 5.74) is 6.28. The summed E-state index contributed by atoms with van der Waals surface area (Å²) in [7, 11) is 0. The predicted octanol–water partition coefficient (Wildman–Crippen LogP) is 2.49. The van der Waals surface area contributed by atoms with Gasteiger partial charge < -0.3 is 10.8 Å². The summed E-state index contributed by atoms with van der Waals surface area (Å²) >= 11 is 3.27. The van der Waals surface area contributed by atoms with Crippen molar-refractivity contribution in [3.63, 3.8) is 0 Å². The van der Waals surface area contributed by atoms with Crippen molar-refractivity contribution in [3.05, 3.63) is 21.5 Å². The molecular formula is C9H11FINOS. The number of aliphatic hydroxyl groups is 1. The van der Waals surface area contributed by atoms with E-state index in [4.69, 9.17) is 10.8 Å². The van der Waals surface area contributed by atoms with Crippen molar-refractivity contribution in [1.82, 2.24) is 0 Å². The number of nitrogen functional groups attached to an aromatic ring is 1. The Morgan fingerprint density at radius 2 is 2.29 bits per heavy atom. The molecule has 5 heteroatoms. The predicted molar refractivity (Wildman–Crippen MR) is 65.9 cm³/mol. The van der Waals surface area contributed by atoms with Crippen LogP contribution in [0.2, 0.25) is 0 Å². The van der Waals surface area contributed by atoms with Gasteiger partial charge in [0.05, 0.1) is 10.2 Å². The zero-order valence-electron chi connectivity index (χ0n) is 7.63. The SMILES string of the molecule is CC(CO)Sc1cc(F)c(I)cc1N. The van der Waals surface area contributed by atoms with Crippen molar-refractivity contribution in [2.75, 3.05) is 12.3 Å². The molecule has 0 spiro atoms. The fraction of sp³-hybridized carbons (Fsp3) is 0.333. The highest BCUT2D eigenvalue weighted by Gasteiger charge is 2.09. The third-order valence-corrected chi connectivity index (χ3v) is 3.62. The highest BCUT2D eigenvalue weighted by atomic mass is 127. The molecule has 0 saturated heterocycles. The molecule has 3 N–H and O–H groups in total. The third-order valence-electron chi connectivity index (χ3n) is 1.64. The zero-order chi connectivity index (χ0) is 10.7. The monoisotopic (exact) mass is 327 g/mol. The summed E-state index contributed by atoms with van der Waals surface area (Å²) in [6.45, 7) is 1.91. The molecule has 0 radical (unpaired) electrons. The van der Waals surface area contributed by atoms with Crippen LogP contribution in [0.4, 0.5) is 10.1 Å². The second kappa shape index (κ2) is 5.18. The molecule has 1 aromatic carbocycles. The molecule has 0 saturated carbocycles. The number of anilines is 1. The van der Waals surface area contributed by atoms with E-state index in [0.29, 0.717) is 14.2 Å². The summed E-state index contributed by atoms with van der Waals surface area (Å²) in [6, 6.07) is 3.01. The first-order valence-corrected chi connectivity index (χ1v) is 6.02. The fourth-order valence-corrected chi connectivity index (χ4v) is 2.27. The van der Waals surface area contributed by atoms with Gasteiger partial charge in [0.1, 0.15) is 5.82 Å². The van der Waals surface area contributed by atoms with Gasteiger partial charge in [-0.15, -0.1) is 11.8 Å². The molecule has 1 unspecified atom stereocenters. The maximum absolute atomic E-state index is 13.2. The lowest BCUT2D eigenvalue weighted by molar-refractivity contribution is 0.300. The normalized spacial score (nSPS) is 12.9. The van der Waals surface area contributed by atoms with Crippen molar-refractivity contribution >= 4 is 40.0 Å². The van der Waals surface area contributed by atoms with E-state index in [2.05, 4.69) is 0 Å². The van der Waals surface area contributed by atoms with Crippen molar-refractivity contribution in [3.8, 4) is 0 Å². The Morgan fingerprint density at radius 3 is 2.86 bits per heavy atom. The van der Waals surface area contributed by atoms with E-state index in [-0.39, 0.29) is 17.7 Å². The van der Waals surface area contributed by atoms with Crippen molar-refractivity contribution in [1.29, 1.82) is 0 Å². The van der Waals surface area contributed by atoms with Crippen LogP contribution in [0.5, 0.6) is 0 Å². The fourth-order valence-electron chi connectivity index (χ4n) is 0.900. The average Bonchev–Trinajstić information content (AvgIpc) is 2.14. The molecule has 0 aliphatic heterocycles. The molecule has 0 heterocycles. The molecule has 1 rings (SSSR count). The first-order valence-electron chi connectivity index (χ1n) is 4.06. The van der Waals surface area contributed by atoms with Gasteiger partial charge in [-0.1, -0.05) is 6.92 Å². The number of benzene rings is 1. The Labute approximate surface area is 100 Å². The zero-order valence-corrected chi connectivity index (χ0v) is 10.6. The summed E-state index contributed by atoms with van der Waals surface area (Å²) in [6.07, 6.45) is 0. The van der Waals surface area contributed by atoms with Crippen LogP contribution in [0.25, 0.3) is 0 Å². The average molecular weight is 327 g/mol. The maximum atomic E-state index is 13.2. The van der Waals surface area contributed by atoms with E-state index in [9.17, 15) is 4.39 Å². The van der Waals surface area contributed by atoms with Crippen LogP contribution in [-0.4, -0.2) is 17.0 Å². The number of thioether (sulfide) groups is 1. The summed E-state index contributed by atoms with van der Waals surface area (Å²) in [5.74, 6) is -0.271. The van der Waals surface area contributed by atoms with Gasteiger partial charge in [0.2, 0.25) is 0 Å². The van der Waals surface area contributed by atoms with E-state index in [0.717, 1.165) is 0 Å². The van der Waals surface area contributed by atoms with Gasteiger partial charge in [0.25, 0.3) is 0 Å². The highest BCUT2D eigenvalue weighted by Crippen LogP contribution is 2.31. The minimum atomic E-state index is -0.271. The Bertz CT molecular complexity index is 335. The van der Waals surface area contributed by atoms with Crippen molar-refractivity contribution in [2.24, 2.45) is 0 Å². The number of rotatable bonds is 3. The topological polar surface area (TPSA) is 46.2 Å². The van der Waals surface area contributed by atoms with Crippen LogP contribution in [0, 0.1) is 9.39 Å². The standard InChI is InChI=1S/C9H11FINOS/c1-5(4-13)14-9-2-6(10)7(11)3-8(9)12/h2-3,5,13H,4,12H2,1H3. The van der Waals surface area contributed by atoms with E-state index in [1.54, 1.807) is 6.07 Å². The molecule has 0 amide bonds. The molecule has 1 aromatic rings. The Kier molecular flexibility index (Phi) is 4.46. The lowest BCUT2D eigenvalue weighted by atomic mass is 10.3. The van der Waals surface area contributed by atoms with E-state index >= 15 is 0 Å².